The highest BCUT2D eigenvalue weighted by Gasteiger charge is 2.30. The Morgan fingerprint density at radius 1 is 1.10 bits per heavy atom. The van der Waals surface area contributed by atoms with Gasteiger partial charge in [0.05, 0.1) is 17.1 Å². The van der Waals surface area contributed by atoms with E-state index in [1.54, 1.807) is 24.3 Å². The van der Waals surface area contributed by atoms with Crippen LogP contribution in [-0.2, 0) is 26.0 Å². The van der Waals surface area contributed by atoms with Gasteiger partial charge in [-0.1, -0.05) is 30.3 Å². The highest BCUT2D eigenvalue weighted by atomic mass is 32.2. The molecule has 2 aromatic rings. The molecule has 29 heavy (non-hydrogen) atoms. The first-order chi connectivity index (χ1) is 13.8. The number of esters is 1. The molecular weight excluding hydrogens is 394 g/mol. The highest BCUT2D eigenvalue weighted by Crippen LogP contribution is 2.16. The van der Waals surface area contributed by atoms with E-state index in [1.807, 2.05) is 30.3 Å². The van der Waals surface area contributed by atoms with Crippen molar-refractivity contribution in [2.75, 3.05) is 11.5 Å². The van der Waals surface area contributed by atoms with Crippen LogP contribution in [0, 0.1) is 0 Å². The molecule has 0 aromatic heterocycles. The molecule has 0 radical (unpaired) electrons. The van der Waals surface area contributed by atoms with Gasteiger partial charge in [-0.3, -0.25) is 4.79 Å². The minimum absolute atomic E-state index is 0.0603. The summed E-state index contributed by atoms with van der Waals surface area (Å²) in [7, 11) is -3.09. The summed E-state index contributed by atoms with van der Waals surface area (Å²) >= 11 is 0. The molecule has 1 fully saturated rings. The summed E-state index contributed by atoms with van der Waals surface area (Å²) in [5.41, 5.74) is 1.33. The van der Waals surface area contributed by atoms with Crippen LogP contribution in [0.4, 0.5) is 0 Å². The highest BCUT2D eigenvalue weighted by molar-refractivity contribution is 7.91. The molecule has 1 aliphatic heterocycles. The van der Waals surface area contributed by atoms with Crippen molar-refractivity contribution >= 4 is 21.7 Å². The van der Waals surface area contributed by atoms with Crippen LogP contribution in [0.5, 0.6) is 5.75 Å². The van der Waals surface area contributed by atoms with Crippen molar-refractivity contribution in [2.24, 2.45) is 0 Å². The molecule has 0 unspecified atom stereocenters. The lowest BCUT2D eigenvalue weighted by molar-refractivity contribution is -0.129. The van der Waals surface area contributed by atoms with Crippen molar-refractivity contribution in [1.29, 1.82) is 0 Å². The van der Waals surface area contributed by atoms with Crippen molar-refractivity contribution in [3.8, 4) is 5.75 Å². The van der Waals surface area contributed by atoms with Gasteiger partial charge in [-0.25, -0.2) is 13.2 Å². The lowest BCUT2D eigenvalue weighted by Gasteiger charge is -2.16. The van der Waals surface area contributed by atoms with E-state index in [1.165, 1.54) is 6.92 Å². The number of carbonyl (C=O) groups is 2. The van der Waals surface area contributed by atoms with Crippen LogP contribution >= 0.6 is 0 Å². The quantitative estimate of drug-likeness (QED) is 0.693. The third-order valence-electron chi connectivity index (χ3n) is 4.57. The van der Waals surface area contributed by atoms with Crippen molar-refractivity contribution < 1.29 is 27.5 Å². The molecule has 1 N–H and O–H groups in total. The van der Waals surface area contributed by atoms with Gasteiger partial charge < -0.3 is 14.8 Å². The zero-order valence-corrected chi connectivity index (χ0v) is 16.9. The van der Waals surface area contributed by atoms with Crippen LogP contribution < -0.4 is 10.1 Å². The van der Waals surface area contributed by atoms with Crippen LogP contribution in [0.15, 0.2) is 54.6 Å². The molecule has 1 amide bonds. The first-order valence-electron chi connectivity index (χ1n) is 9.31. The molecule has 1 aliphatic rings. The zero-order chi connectivity index (χ0) is 20.9. The summed E-state index contributed by atoms with van der Waals surface area (Å²) < 4.78 is 33.8. The maximum absolute atomic E-state index is 12.3. The Bertz CT molecular complexity index is 956. The van der Waals surface area contributed by atoms with Crippen LogP contribution in [0.3, 0.4) is 0 Å². The van der Waals surface area contributed by atoms with E-state index < -0.39 is 33.9 Å². The number of amides is 1. The minimum atomic E-state index is -3.09. The Hall–Kier alpha value is -2.87. The standard InChI is InChI=1S/C21H23NO6S/c1-15(20(23)22-18-11-12-29(25,26)14-18)28-21(24)17-7-9-19(10-8-17)27-13-16-5-3-2-4-6-16/h2-10,15,18H,11-14H2,1H3,(H,22,23)/t15-,18-/m0/s1. The number of ether oxygens (including phenoxy) is 2. The van der Waals surface area contributed by atoms with E-state index in [4.69, 9.17) is 9.47 Å². The Morgan fingerprint density at radius 3 is 2.41 bits per heavy atom. The van der Waals surface area contributed by atoms with Gasteiger partial charge in [0.2, 0.25) is 0 Å². The molecular formula is C21H23NO6S. The van der Waals surface area contributed by atoms with E-state index in [-0.39, 0.29) is 11.5 Å². The Morgan fingerprint density at radius 2 is 1.79 bits per heavy atom. The van der Waals surface area contributed by atoms with Crippen LogP contribution in [-0.4, -0.2) is 43.9 Å². The molecule has 7 nitrogen and oxygen atoms in total. The summed E-state index contributed by atoms with van der Waals surface area (Å²) in [5.74, 6) is -0.558. The van der Waals surface area contributed by atoms with Crippen LogP contribution in [0.1, 0.15) is 29.3 Å². The predicted octanol–water partition coefficient (Wildman–Crippen LogP) is 2.11. The number of hydrogen-bond donors (Lipinski definition) is 1. The van der Waals surface area contributed by atoms with Gasteiger partial charge in [0.25, 0.3) is 5.91 Å². The van der Waals surface area contributed by atoms with Crippen molar-refractivity contribution in [3.05, 3.63) is 65.7 Å². The van der Waals surface area contributed by atoms with Gasteiger partial charge in [0, 0.05) is 6.04 Å². The third kappa shape index (κ3) is 6.05. The van der Waals surface area contributed by atoms with Gasteiger partial charge in [-0.05, 0) is 43.2 Å². The van der Waals surface area contributed by atoms with E-state index >= 15 is 0 Å². The summed E-state index contributed by atoms with van der Waals surface area (Å²) in [6.45, 7) is 1.87. The van der Waals surface area contributed by atoms with Gasteiger partial charge in [-0.15, -0.1) is 0 Å². The zero-order valence-electron chi connectivity index (χ0n) is 16.0. The van der Waals surface area contributed by atoms with E-state index in [9.17, 15) is 18.0 Å². The molecule has 2 aromatic carbocycles. The fourth-order valence-electron chi connectivity index (χ4n) is 2.94. The molecule has 0 spiro atoms. The number of rotatable bonds is 7. The number of sulfone groups is 1. The Balaban J connectivity index is 1.48. The smallest absolute Gasteiger partial charge is 0.338 e. The molecule has 0 saturated carbocycles. The SMILES string of the molecule is C[C@H](OC(=O)c1ccc(OCc2ccccc2)cc1)C(=O)N[C@H]1CCS(=O)(=O)C1. The van der Waals surface area contributed by atoms with Gasteiger partial charge in [0.1, 0.15) is 12.4 Å². The number of hydrogen-bond acceptors (Lipinski definition) is 6. The largest absolute Gasteiger partial charge is 0.489 e. The summed E-state index contributed by atoms with van der Waals surface area (Å²) in [4.78, 5) is 24.4. The number of nitrogens with one attached hydrogen (secondary N) is 1. The van der Waals surface area contributed by atoms with Crippen molar-refractivity contribution in [1.82, 2.24) is 5.32 Å². The lowest BCUT2D eigenvalue weighted by Crippen LogP contribution is -2.42. The normalized spacial score (nSPS) is 18.6. The monoisotopic (exact) mass is 417 g/mol. The summed E-state index contributed by atoms with van der Waals surface area (Å²) in [6.07, 6.45) is -0.654. The van der Waals surface area contributed by atoms with Gasteiger partial charge in [0.15, 0.2) is 15.9 Å². The second kappa shape index (κ2) is 9.09. The van der Waals surface area contributed by atoms with E-state index in [0.29, 0.717) is 24.3 Å². The van der Waals surface area contributed by atoms with Crippen LogP contribution in [0.2, 0.25) is 0 Å². The average molecular weight is 417 g/mol. The fraction of sp³-hybridized carbons (Fsp3) is 0.333. The van der Waals surface area contributed by atoms with E-state index in [2.05, 4.69) is 5.32 Å². The minimum Gasteiger partial charge on any atom is -0.489 e. The molecule has 0 bridgehead atoms. The van der Waals surface area contributed by atoms with Gasteiger partial charge >= 0.3 is 5.97 Å². The number of benzene rings is 2. The first kappa shape index (κ1) is 20.9. The predicted molar refractivity (Wildman–Crippen MR) is 107 cm³/mol. The fourth-order valence-corrected chi connectivity index (χ4v) is 4.61. The summed E-state index contributed by atoms with van der Waals surface area (Å²) in [5, 5.41) is 2.62. The molecule has 1 heterocycles. The third-order valence-corrected chi connectivity index (χ3v) is 6.34. The first-order valence-corrected chi connectivity index (χ1v) is 11.1. The second-order valence-corrected chi connectivity index (χ2v) is 9.18. The second-order valence-electron chi connectivity index (χ2n) is 6.95. The molecule has 3 rings (SSSR count). The topological polar surface area (TPSA) is 98.8 Å². The lowest BCUT2D eigenvalue weighted by atomic mass is 10.2. The maximum Gasteiger partial charge on any atom is 0.338 e. The van der Waals surface area contributed by atoms with Crippen LogP contribution in [0.25, 0.3) is 0 Å². The Labute approximate surface area is 169 Å². The molecule has 1 saturated heterocycles. The average Bonchev–Trinajstić information content (AvgIpc) is 3.05. The van der Waals surface area contributed by atoms with Crippen molar-refractivity contribution in [3.63, 3.8) is 0 Å². The Kier molecular flexibility index (Phi) is 6.53. The van der Waals surface area contributed by atoms with Crippen molar-refractivity contribution in [2.45, 2.75) is 32.1 Å². The summed E-state index contributed by atoms with van der Waals surface area (Å²) in [6, 6.07) is 15.7. The maximum atomic E-state index is 12.3. The van der Waals surface area contributed by atoms with E-state index in [0.717, 1.165) is 5.56 Å². The molecule has 8 heteroatoms. The number of carbonyl (C=O) groups excluding carboxylic acids is 2. The molecule has 154 valence electrons. The molecule has 0 aliphatic carbocycles. The molecule has 2 atom stereocenters. The van der Waals surface area contributed by atoms with Gasteiger partial charge in [-0.2, -0.15) is 0 Å².